The number of H-pyrrole nitrogens is 1. The zero-order valence-corrected chi connectivity index (χ0v) is 11.3. The van der Waals surface area contributed by atoms with Crippen molar-refractivity contribution in [1.29, 1.82) is 0 Å². The van der Waals surface area contributed by atoms with Gasteiger partial charge in [0.05, 0.1) is 25.2 Å². The lowest BCUT2D eigenvalue weighted by atomic mass is 10.1. The Bertz CT molecular complexity index is 448. The third-order valence-corrected chi connectivity index (χ3v) is 2.61. The maximum Gasteiger partial charge on any atom is 0.340 e. The number of rotatable bonds is 5. The van der Waals surface area contributed by atoms with Gasteiger partial charge in [0, 0.05) is 11.4 Å². The van der Waals surface area contributed by atoms with E-state index >= 15 is 0 Å². The Morgan fingerprint density at radius 2 is 1.67 bits per heavy atom. The standard InChI is InChI=1S/C13H19NO4/c1-5-17-11(15)7-10-8(3)14-9(4)12(10)13(16)18-6-2/h14H,5-7H2,1-4H3. The molecular weight excluding hydrogens is 234 g/mol. The molecule has 1 rings (SSSR count). The van der Waals surface area contributed by atoms with E-state index in [0.717, 1.165) is 5.69 Å². The third-order valence-electron chi connectivity index (χ3n) is 2.61. The van der Waals surface area contributed by atoms with Gasteiger partial charge >= 0.3 is 11.9 Å². The van der Waals surface area contributed by atoms with Crippen molar-refractivity contribution < 1.29 is 19.1 Å². The monoisotopic (exact) mass is 253 g/mol. The van der Waals surface area contributed by atoms with Crippen molar-refractivity contribution in [2.24, 2.45) is 0 Å². The molecule has 0 aliphatic carbocycles. The molecule has 5 heteroatoms. The predicted molar refractivity (Wildman–Crippen MR) is 66.6 cm³/mol. The second-order valence-corrected chi connectivity index (χ2v) is 3.93. The van der Waals surface area contributed by atoms with E-state index in [-0.39, 0.29) is 12.4 Å². The Kier molecular flexibility index (Phi) is 4.95. The molecule has 0 aromatic carbocycles. The van der Waals surface area contributed by atoms with Crippen molar-refractivity contribution in [2.75, 3.05) is 13.2 Å². The van der Waals surface area contributed by atoms with Crippen molar-refractivity contribution in [2.45, 2.75) is 34.1 Å². The van der Waals surface area contributed by atoms with Gasteiger partial charge in [0.2, 0.25) is 0 Å². The van der Waals surface area contributed by atoms with Crippen LogP contribution in [-0.2, 0) is 20.7 Å². The van der Waals surface area contributed by atoms with Crippen LogP contribution in [0, 0.1) is 13.8 Å². The Morgan fingerprint density at radius 3 is 2.22 bits per heavy atom. The normalized spacial score (nSPS) is 10.2. The summed E-state index contributed by atoms with van der Waals surface area (Å²) in [6, 6.07) is 0. The number of hydrogen-bond donors (Lipinski definition) is 1. The second kappa shape index (κ2) is 6.23. The molecule has 1 N–H and O–H groups in total. The fourth-order valence-corrected chi connectivity index (χ4v) is 1.89. The van der Waals surface area contributed by atoms with Gasteiger partial charge in [-0.3, -0.25) is 4.79 Å². The van der Waals surface area contributed by atoms with Gasteiger partial charge < -0.3 is 14.5 Å². The first-order valence-electron chi connectivity index (χ1n) is 6.02. The number of hydrogen-bond acceptors (Lipinski definition) is 4. The fraction of sp³-hybridized carbons (Fsp3) is 0.538. The molecule has 0 aliphatic heterocycles. The second-order valence-electron chi connectivity index (χ2n) is 3.93. The predicted octanol–water partition coefficient (Wildman–Crippen LogP) is 1.91. The van der Waals surface area contributed by atoms with E-state index in [1.54, 1.807) is 20.8 Å². The smallest absolute Gasteiger partial charge is 0.340 e. The molecule has 0 amide bonds. The lowest BCUT2D eigenvalue weighted by Gasteiger charge is -2.06. The number of aromatic amines is 1. The minimum Gasteiger partial charge on any atom is -0.466 e. The number of nitrogens with one attached hydrogen (secondary N) is 1. The van der Waals surface area contributed by atoms with Crippen LogP contribution in [0.15, 0.2) is 0 Å². The molecule has 18 heavy (non-hydrogen) atoms. The van der Waals surface area contributed by atoms with E-state index in [1.165, 1.54) is 0 Å². The van der Waals surface area contributed by atoms with Crippen LogP contribution in [-0.4, -0.2) is 30.1 Å². The van der Waals surface area contributed by atoms with Crippen molar-refractivity contribution in [3.8, 4) is 0 Å². The van der Waals surface area contributed by atoms with Crippen LogP contribution >= 0.6 is 0 Å². The molecule has 0 unspecified atom stereocenters. The van der Waals surface area contributed by atoms with E-state index in [1.807, 2.05) is 6.92 Å². The molecule has 0 atom stereocenters. The summed E-state index contributed by atoms with van der Waals surface area (Å²) in [6.07, 6.45) is 0.0815. The highest BCUT2D eigenvalue weighted by molar-refractivity contribution is 5.94. The van der Waals surface area contributed by atoms with Gasteiger partial charge in [0.1, 0.15) is 0 Å². The zero-order valence-electron chi connectivity index (χ0n) is 11.3. The molecule has 1 heterocycles. The lowest BCUT2D eigenvalue weighted by Crippen LogP contribution is -2.13. The molecule has 0 saturated heterocycles. The summed E-state index contributed by atoms with van der Waals surface area (Å²) in [6.45, 7) is 7.74. The van der Waals surface area contributed by atoms with Gasteiger partial charge in [-0.05, 0) is 33.3 Å². The molecule has 0 fully saturated rings. The van der Waals surface area contributed by atoms with Crippen molar-refractivity contribution >= 4 is 11.9 Å². The van der Waals surface area contributed by atoms with Crippen molar-refractivity contribution in [3.05, 3.63) is 22.5 Å². The summed E-state index contributed by atoms with van der Waals surface area (Å²) in [5.74, 6) is -0.746. The third kappa shape index (κ3) is 3.12. The summed E-state index contributed by atoms with van der Waals surface area (Å²) in [5, 5.41) is 0. The maximum absolute atomic E-state index is 11.8. The van der Waals surface area contributed by atoms with E-state index in [4.69, 9.17) is 9.47 Å². The first kappa shape index (κ1) is 14.3. The average molecular weight is 253 g/mol. The van der Waals surface area contributed by atoms with E-state index in [2.05, 4.69) is 4.98 Å². The van der Waals surface area contributed by atoms with Crippen LogP contribution in [0.5, 0.6) is 0 Å². The molecule has 0 saturated carbocycles. The van der Waals surface area contributed by atoms with Crippen molar-refractivity contribution in [1.82, 2.24) is 4.98 Å². The quantitative estimate of drug-likeness (QED) is 0.814. The Labute approximate surface area is 106 Å². The zero-order chi connectivity index (χ0) is 13.7. The molecule has 5 nitrogen and oxygen atoms in total. The van der Waals surface area contributed by atoms with Gasteiger partial charge in [-0.1, -0.05) is 0 Å². The molecule has 1 aromatic heterocycles. The van der Waals surface area contributed by atoms with Gasteiger partial charge in [0.15, 0.2) is 0 Å². The molecule has 0 bridgehead atoms. The number of ether oxygens (including phenoxy) is 2. The van der Waals surface area contributed by atoms with Crippen LogP contribution in [0.4, 0.5) is 0 Å². The lowest BCUT2D eigenvalue weighted by molar-refractivity contribution is -0.142. The number of carbonyl (C=O) groups is 2. The van der Waals surface area contributed by atoms with Gasteiger partial charge in [0.25, 0.3) is 0 Å². The number of aryl methyl sites for hydroxylation is 2. The van der Waals surface area contributed by atoms with Gasteiger partial charge in [-0.2, -0.15) is 0 Å². The minimum atomic E-state index is -0.404. The first-order valence-corrected chi connectivity index (χ1v) is 6.02. The highest BCUT2D eigenvalue weighted by Gasteiger charge is 2.22. The first-order chi connectivity index (χ1) is 8.51. The maximum atomic E-state index is 11.8. The van der Waals surface area contributed by atoms with Crippen LogP contribution in [0.25, 0.3) is 0 Å². The summed E-state index contributed by atoms with van der Waals surface area (Å²) in [7, 11) is 0. The molecule has 100 valence electrons. The largest absolute Gasteiger partial charge is 0.466 e. The average Bonchev–Trinajstić information content (AvgIpc) is 2.54. The Morgan fingerprint density at radius 1 is 1.06 bits per heavy atom. The summed E-state index contributed by atoms with van der Waals surface area (Å²) in [4.78, 5) is 26.4. The highest BCUT2D eigenvalue weighted by atomic mass is 16.5. The Hall–Kier alpha value is -1.78. The molecule has 0 aliphatic rings. The number of esters is 2. The Balaban J connectivity index is 3.02. The number of aromatic nitrogens is 1. The summed E-state index contributed by atoms with van der Waals surface area (Å²) >= 11 is 0. The van der Waals surface area contributed by atoms with Crippen LogP contribution in [0.2, 0.25) is 0 Å². The van der Waals surface area contributed by atoms with Gasteiger partial charge in [-0.15, -0.1) is 0 Å². The number of carbonyl (C=O) groups excluding carboxylic acids is 2. The van der Waals surface area contributed by atoms with Crippen molar-refractivity contribution in [3.63, 3.8) is 0 Å². The van der Waals surface area contributed by atoms with E-state index in [0.29, 0.717) is 30.0 Å². The minimum absolute atomic E-state index is 0.0815. The van der Waals surface area contributed by atoms with Gasteiger partial charge in [-0.25, -0.2) is 4.79 Å². The fourth-order valence-electron chi connectivity index (χ4n) is 1.89. The highest BCUT2D eigenvalue weighted by Crippen LogP contribution is 2.20. The summed E-state index contributed by atoms with van der Waals surface area (Å²) in [5.41, 5.74) is 2.61. The molecule has 1 aromatic rings. The van der Waals surface area contributed by atoms with E-state index in [9.17, 15) is 9.59 Å². The van der Waals surface area contributed by atoms with Crippen LogP contribution < -0.4 is 0 Å². The van der Waals surface area contributed by atoms with Crippen LogP contribution in [0.1, 0.15) is 41.2 Å². The topological polar surface area (TPSA) is 68.4 Å². The SMILES string of the molecule is CCOC(=O)Cc1c(C)[nH]c(C)c1C(=O)OCC. The van der Waals surface area contributed by atoms with E-state index < -0.39 is 5.97 Å². The molecule has 0 radical (unpaired) electrons. The van der Waals surface area contributed by atoms with Crippen LogP contribution in [0.3, 0.4) is 0 Å². The molecule has 0 spiro atoms. The molecular formula is C13H19NO4. The summed E-state index contributed by atoms with van der Waals surface area (Å²) < 4.78 is 9.89.